The first-order valence-electron chi connectivity index (χ1n) is 5.33. The summed E-state index contributed by atoms with van der Waals surface area (Å²) in [7, 11) is 0. The molecule has 1 aliphatic carbocycles. The Bertz CT molecular complexity index is 482. The molecular formula is C11H14N4S. The molecule has 1 saturated carbocycles. The van der Waals surface area contributed by atoms with Gasteiger partial charge in [0.15, 0.2) is 5.13 Å². The molecule has 1 aliphatic rings. The average Bonchev–Trinajstić information content (AvgIpc) is 2.56. The van der Waals surface area contributed by atoms with E-state index >= 15 is 0 Å². The topological polar surface area (TPSA) is 77.0 Å². The maximum Gasteiger partial charge on any atom is 0.185 e. The van der Waals surface area contributed by atoms with Crippen LogP contribution in [-0.2, 0) is 0 Å². The molecule has 0 bridgehead atoms. The number of nitrogens with zero attached hydrogens (tertiary/aromatic N) is 1. The third-order valence-electron chi connectivity index (χ3n) is 2.90. The lowest BCUT2D eigenvalue weighted by Gasteiger charge is -2.43. The number of anilines is 1. The highest BCUT2D eigenvalue weighted by Gasteiger charge is 2.39. The van der Waals surface area contributed by atoms with Gasteiger partial charge in [0, 0.05) is 6.04 Å². The summed E-state index contributed by atoms with van der Waals surface area (Å²) in [4.78, 5) is 4.49. The van der Waals surface area contributed by atoms with Crippen LogP contribution in [0.25, 0.3) is 10.2 Å². The number of aromatic nitrogens is 1. The van der Waals surface area contributed by atoms with E-state index in [9.17, 15) is 0 Å². The Labute approximate surface area is 97.7 Å². The predicted molar refractivity (Wildman–Crippen MR) is 67.4 cm³/mol. The highest BCUT2D eigenvalue weighted by molar-refractivity contribution is 7.22. The molecule has 0 unspecified atom stereocenters. The van der Waals surface area contributed by atoms with Gasteiger partial charge in [-0.25, -0.2) is 4.98 Å². The molecule has 3 rings (SSSR count). The summed E-state index contributed by atoms with van der Waals surface area (Å²) < 4.78 is 1.18. The van der Waals surface area contributed by atoms with Crippen molar-refractivity contribution < 1.29 is 0 Å². The van der Waals surface area contributed by atoms with E-state index in [2.05, 4.69) is 16.4 Å². The number of thiazole rings is 1. The third kappa shape index (κ3) is 1.67. The Morgan fingerprint density at radius 1 is 1.38 bits per heavy atom. The van der Waals surface area contributed by atoms with Crippen LogP contribution in [-0.4, -0.2) is 16.7 Å². The fourth-order valence-electron chi connectivity index (χ4n) is 2.12. The SMILES string of the molecule is NC1CC(N)(Nc2nc3ccccc3s2)C1. The van der Waals surface area contributed by atoms with Gasteiger partial charge in [-0.05, 0) is 25.0 Å². The van der Waals surface area contributed by atoms with Gasteiger partial charge in [0.25, 0.3) is 0 Å². The first-order valence-corrected chi connectivity index (χ1v) is 6.14. The number of nitrogens with one attached hydrogen (secondary N) is 1. The van der Waals surface area contributed by atoms with Crippen LogP contribution in [0, 0.1) is 0 Å². The molecule has 5 heteroatoms. The van der Waals surface area contributed by atoms with E-state index in [-0.39, 0.29) is 11.7 Å². The van der Waals surface area contributed by atoms with Crippen molar-refractivity contribution in [1.29, 1.82) is 0 Å². The summed E-state index contributed by atoms with van der Waals surface area (Å²) in [6.45, 7) is 0. The van der Waals surface area contributed by atoms with Crippen molar-refractivity contribution in [3.05, 3.63) is 24.3 Å². The molecule has 84 valence electrons. The fraction of sp³-hybridized carbons (Fsp3) is 0.364. The van der Waals surface area contributed by atoms with Crippen molar-refractivity contribution >= 4 is 26.7 Å². The first-order chi connectivity index (χ1) is 7.65. The minimum atomic E-state index is -0.354. The third-order valence-corrected chi connectivity index (χ3v) is 3.85. The molecule has 4 nitrogen and oxygen atoms in total. The smallest absolute Gasteiger partial charge is 0.185 e. The predicted octanol–water partition coefficient (Wildman–Crippen LogP) is 1.48. The van der Waals surface area contributed by atoms with Crippen LogP contribution in [0.4, 0.5) is 5.13 Å². The van der Waals surface area contributed by atoms with Gasteiger partial charge in [-0.3, -0.25) is 0 Å². The van der Waals surface area contributed by atoms with E-state index in [1.807, 2.05) is 18.2 Å². The summed E-state index contributed by atoms with van der Waals surface area (Å²) in [5, 5.41) is 4.16. The summed E-state index contributed by atoms with van der Waals surface area (Å²) in [6.07, 6.45) is 1.62. The van der Waals surface area contributed by atoms with Crippen LogP contribution < -0.4 is 16.8 Å². The number of rotatable bonds is 2. The minimum absolute atomic E-state index is 0.229. The van der Waals surface area contributed by atoms with E-state index in [4.69, 9.17) is 11.5 Å². The van der Waals surface area contributed by atoms with Crippen LogP contribution in [0.1, 0.15) is 12.8 Å². The maximum atomic E-state index is 6.12. The molecular weight excluding hydrogens is 220 g/mol. The number of hydrogen-bond acceptors (Lipinski definition) is 5. The van der Waals surface area contributed by atoms with Crippen molar-refractivity contribution in [3.8, 4) is 0 Å². The Balaban J connectivity index is 1.84. The minimum Gasteiger partial charge on any atom is -0.344 e. The van der Waals surface area contributed by atoms with E-state index in [0.717, 1.165) is 23.5 Å². The monoisotopic (exact) mass is 234 g/mol. The largest absolute Gasteiger partial charge is 0.344 e. The average molecular weight is 234 g/mol. The van der Waals surface area contributed by atoms with Gasteiger partial charge in [0.2, 0.25) is 0 Å². The molecule has 2 aromatic rings. The first kappa shape index (κ1) is 10.0. The second-order valence-electron chi connectivity index (χ2n) is 4.44. The zero-order valence-corrected chi connectivity index (χ0v) is 9.63. The Morgan fingerprint density at radius 2 is 2.12 bits per heavy atom. The van der Waals surface area contributed by atoms with Crippen LogP contribution in [0.15, 0.2) is 24.3 Å². The second kappa shape index (κ2) is 3.41. The van der Waals surface area contributed by atoms with Crippen LogP contribution in [0.3, 0.4) is 0 Å². The number of fused-ring (bicyclic) bond motifs is 1. The van der Waals surface area contributed by atoms with Gasteiger partial charge < -0.3 is 16.8 Å². The molecule has 0 spiro atoms. The summed E-state index contributed by atoms with van der Waals surface area (Å²) >= 11 is 1.63. The van der Waals surface area contributed by atoms with Gasteiger partial charge >= 0.3 is 0 Å². The Kier molecular flexibility index (Phi) is 2.14. The molecule has 0 aliphatic heterocycles. The van der Waals surface area contributed by atoms with Gasteiger partial charge in [-0.2, -0.15) is 0 Å². The van der Waals surface area contributed by atoms with Crippen molar-refractivity contribution in [3.63, 3.8) is 0 Å². The zero-order valence-electron chi connectivity index (χ0n) is 8.81. The van der Waals surface area contributed by atoms with Crippen molar-refractivity contribution in [2.45, 2.75) is 24.5 Å². The summed E-state index contributed by atoms with van der Waals surface area (Å²) in [5.74, 6) is 0. The molecule has 0 amide bonds. The lowest BCUT2D eigenvalue weighted by Crippen LogP contribution is -2.62. The quantitative estimate of drug-likeness (QED) is 0.688. The maximum absolute atomic E-state index is 6.12. The molecule has 1 fully saturated rings. The van der Waals surface area contributed by atoms with E-state index in [1.54, 1.807) is 11.3 Å². The Hall–Kier alpha value is -1.17. The molecule has 0 radical (unpaired) electrons. The highest BCUT2D eigenvalue weighted by Crippen LogP contribution is 2.33. The molecule has 1 aromatic heterocycles. The van der Waals surface area contributed by atoms with Crippen LogP contribution in [0.2, 0.25) is 0 Å². The fourth-order valence-corrected chi connectivity index (χ4v) is 3.09. The normalized spacial score (nSPS) is 29.0. The molecule has 0 saturated heterocycles. The van der Waals surface area contributed by atoms with Crippen LogP contribution >= 0.6 is 11.3 Å². The standard InChI is InChI=1S/C11H14N4S/c12-7-5-11(13,6-7)15-10-14-8-3-1-2-4-9(8)16-10/h1-4,7H,5-6,12-13H2,(H,14,15). The molecule has 0 atom stereocenters. The van der Waals surface area contributed by atoms with Crippen molar-refractivity contribution in [2.24, 2.45) is 11.5 Å². The molecule has 16 heavy (non-hydrogen) atoms. The van der Waals surface area contributed by atoms with E-state index in [1.165, 1.54) is 4.70 Å². The van der Waals surface area contributed by atoms with Gasteiger partial charge in [0.05, 0.1) is 15.9 Å². The van der Waals surface area contributed by atoms with Gasteiger partial charge in [-0.15, -0.1) is 0 Å². The van der Waals surface area contributed by atoms with E-state index < -0.39 is 0 Å². The molecule has 1 heterocycles. The Morgan fingerprint density at radius 3 is 2.81 bits per heavy atom. The van der Waals surface area contributed by atoms with Gasteiger partial charge in [0.1, 0.15) is 0 Å². The zero-order chi connectivity index (χ0) is 11.2. The lowest BCUT2D eigenvalue weighted by molar-refractivity contribution is 0.243. The number of benzene rings is 1. The number of para-hydroxylation sites is 1. The number of nitrogens with two attached hydrogens (primary N) is 2. The van der Waals surface area contributed by atoms with Crippen molar-refractivity contribution in [2.75, 3.05) is 5.32 Å². The van der Waals surface area contributed by atoms with Gasteiger partial charge in [-0.1, -0.05) is 23.5 Å². The highest BCUT2D eigenvalue weighted by atomic mass is 32.1. The second-order valence-corrected chi connectivity index (χ2v) is 5.47. The summed E-state index contributed by atoms with van der Waals surface area (Å²) in [6, 6.07) is 8.30. The molecule has 5 N–H and O–H groups in total. The van der Waals surface area contributed by atoms with Crippen molar-refractivity contribution in [1.82, 2.24) is 4.98 Å². The van der Waals surface area contributed by atoms with Crippen LogP contribution in [0.5, 0.6) is 0 Å². The lowest BCUT2D eigenvalue weighted by atomic mass is 9.81. The summed E-state index contributed by atoms with van der Waals surface area (Å²) in [5.41, 5.74) is 12.5. The van der Waals surface area contributed by atoms with E-state index in [0.29, 0.717) is 0 Å². The number of hydrogen-bond donors (Lipinski definition) is 3. The molecule has 1 aromatic carbocycles.